The highest BCUT2D eigenvalue weighted by molar-refractivity contribution is 7.89. The molecule has 0 aliphatic rings. The van der Waals surface area contributed by atoms with Crippen molar-refractivity contribution in [3.8, 4) is 0 Å². The molecule has 2 rings (SSSR count). The fourth-order valence-electron chi connectivity index (χ4n) is 2.11. The van der Waals surface area contributed by atoms with Gasteiger partial charge in [0.2, 0.25) is 10.0 Å². The van der Waals surface area contributed by atoms with Crippen LogP contribution in [0.5, 0.6) is 0 Å². The van der Waals surface area contributed by atoms with Crippen molar-refractivity contribution in [1.29, 1.82) is 0 Å². The molecule has 0 fully saturated rings. The minimum absolute atomic E-state index is 0.0593. The van der Waals surface area contributed by atoms with Gasteiger partial charge in [-0.15, -0.1) is 0 Å². The summed E-state index contributed by atoms with van der Waals surface area (Å²) in [4.78, 5) is 22.6. The molecule has 0 spiro atoms. The molecule has 0 saturated carbocycles. The normalized spacial score (nSPS) is 11.1. The first-order valence-electron chi connectivity index (χ1n) is 8.00. The molecule has 0 heterocycles. The van der Waals surface area contributed by atoms with Crippen molar-refractivity contribution in [3.05, 3.63) is 65.2 Å². The van der Waals surface area contributed by atoms with Crippen molar-refractivity contribution in [2.75, 3.05) is 13.7 Å². The molecule has 0 unspecified atom stereocenters. The van der Waals surface area contributed by atoms with Gasteiger partial charge in [-0.2, -0.15) is 0 Å². The van der Waals surface area contributed by atoms with Crippen molar-refractivity contribution in [2.45, 2.75) is 17.9 Å². The maximum Gasteiger partial charge on any atom is 0.337 e. The standard InChI is InChI=1S/C18H17F2NO6S/c1-26-18(23)13-4-2-12(3-5-13)11-27-17(22)8-9-21-28(24,25)14-6-7-15(19)16(20)10-14/h2-7,10,21H,8-9,11H2,1H3. The summed E-state index contributed by atoms with van der Waals surface area (Å²) in [5.74, 6) is -3.61. The Labute approximate surface area is 160 Å². The molecule has 7 nitrogen and oxygen atoms in total. The van der Waals surface area contributed by atoms with Gasteiger partial charge in [-0.25, -0.2) is 26.7 Å². The molecule has 2 aromatic rings. The van der Waals surface area contributed by atoms with Gasteiger partial charge in [0.1, 0.15) is 6.61 Å². The average molecular weight is 413 g/mol. The second-order valence-electron chi connectivity index (χ2n) is 5.57. The second kappa shape index (κ2) is 9.38. The van der Waals surface area contributed by atoms with Gasteiger partial charge in [-0.1, -0.05) is 12.1 Å². The largest absolute Gasteiger partial charge is 0.465 e. The highest BCUT2D eigenvalue weighted by Crippen LogP contribution is 2.13. The molecule has 0 radical (unpaired) electrons. The van der Waals surface area contributed by atoms with E-state index in [2.05, 4.69) is 9.46 Å². The molecule has 0 aromatic heterocycles. The lowest BCUT2D eigenvalue weighted by Crippen LogP contribution is -2.27. The van der Waals surface area contributed by atoms with E-state index in [1.807, 2.05) is 0 Å². The first-order chi connectivity index (χ1) is 13.2. The SMILES string of the molecule is COC(=O)c1ccc(COC(=O)CCNS(=O)(=O)c2ccc(F)c(F)c2)cc1. The highest BCUT2D eigenvalue weighted by atomic mass is 32.2. The highest BCUT2D eigenvalue weighted by Gasteiger charge is 2.17. The Hall–Kier alpha value is -2.85. The van der Waals surface area contributed by atoms with E-state index in [4.69, 9.17) is 4.74 Å². The molecule has 2 aromatic carbocycles. The van der Waals surface area contributed by atoms with E-state index in [9.17, 15) is 26.8 Å². The van der Waals surface area contributed by atoms with Gasteiger partial charge in [-0.3, -0.25) is 4.79 Å². The van der Waals surface area contributed by atoms with E-state index in [1.54, 1.807) is 12.1 Å². The van der Waals surface area contributed by atoms with Crippen LogP contribution in [0.3, 0.4) is 0 Å². The Balaban J connectivity index is 1.80. The molecule has 0 bridgehead atoms. The van der Waals surface area contributed by atoms with E-state index in [0.29, 0.717) is 23.3 Å². The van der Waals surface area contributed by atoms with Crippen molar-refractivity contribution in [2.24, 2.45) is 0 Å². The Bertz CT molecular complexity index is 961. The third kappa shape index (κ3) is 5.83. The third-order valence-electron chi connectivity index (χ3n) is 3.60. The van der Waals surface area contributed by atoms with Crippen LogP contribution in [0.1, 0.15) is 22.3 Å². The van der Waals surface area contributed by atoms with E-state index < -0.39 is 38.5 Å². The third-order valence-corrected chi connectivity index (χ3v) is 5.06. The van der Waals surface area contributed by atoms with Crippen LogP contribution in [0.15, 0.2) is 47.4 Å². The lowest BCUT2D eigenvalue weighted by Gasteiger charge is -2.08. The van der Waals surface area contributed by atoms with Crippen molar-refractivity contribution in [3.63, 3.8) is 0 Å². The molecule has 10 heteroatoms. The number of rotatable bonds is 8. The summed E-state index contributed by atoms with van der Waals surface area (Å²) in [5, 5.41) is 0. The zero-order valence-corrected chi connectivity index (χ0v) is 15.6. The predicted octanol–water partition coefficient (Wildman–Crippen LogP) is 2.16. The molecule has 0 saturated heterocycles. The van der Waals surface area contributed by atoms with Gasteiger partial charge in [0.05, 0.1) is 24.0 Å². The molecule has 0 aliphatic carbocycles. The summed E-state index contributed by atoms with van der Waals surface area (Å²) < 4.78 is 61.7. The number of carbonyl (C=O) groups excluding carboxylic acids is 2. The van der Waals surface area contributed by atoms with Crippen LogP contribution in [0.2, 0.25) is 0 Å². The maximum atomic E-state index is 13.1. The summed E-state index contributed by atoms with van der Waals surface area (Å²) in [6, 6.07) is 8.38. The Morgan fingerprint density at radius 3 is 2.32 bits per heavy atom. The number of ether oxygens (including phenoxy) is 2. The van der Waals surface area contributed by atoms with Crippen LogP contribution in [0.4, 0.5) is 8.78 Å². The number of nitrogens with one attached hydrogen (secondary N) is 1. The van der Waals surface area contributed by atoms with Crippen molar-refractivity contribution in [1.82, 2.24) is 4.72 Å². The molecule has 0 atom stereocenters. The number of benzene rings is 2. The van der Waals surface area contributed by atoms with Gasteiger partial charge in [-0.05, 0) is 35.9 Å². The van der Waals surface area contributed by atoms with Crippen LogP contribution in [0, 0.1) is 11.6 Å². The zero-order chi connectivity index (χ0) is 20.7. The van der Waals surface area contributed by atoms with Crippen LogP contribution in [-0.2, 0) is 30.9 Å². The fourth-order valence-corrected chi connectivity index (χ4v) is 3.15. The Kier molecular flexibility index (Phi) is 7.18. The first kappa shape index (κ1) is 21.5. The van der Waals surface area contributed by atoms with E-state index >= 15 is 0 Å². The number of methoxy groups -OCH3 is 1. The smallest absolute Gasteiger partial charge is 0.337 e. The van der Waals surface area contributed by atoms with Crippen molar-refractivity contribution >= 4 is 22.0 Å². The summed E-state index contributed by atoms with van der Waals surface area (Å²) in [6.07, 6.45) is -0.261. The second-order valence-corrected chi connectivity index (χ2v) is 7.34. The summed E-state index contributed by atoms with van der Waals surface area (Å²) in [7, 11) is -2.82. The van der Waals surface area contributed by atoms with Crippen LogP contribution < -0.4 is 4.72 Å². The molecule has 0 aliphatic heterocycles. The summed E-state index contributed by atoms with van der Waals surface area (Å²) in [6.45, 7) is -0.336. The molecule has 28 heavy (non-hydrogen) atoms. The zero-order valence-electron chi connectivity index (χ0n) is 14.8. The fraction of sp³-hybridized carbons (Fsp3) is 0.222. The minimum atomic E-state index is -4.09. The lowest BCUT2D eigenvalue weighted by molar-refractivity contribution is -0.144. The quantitative estimate of drug-likeness (QED) is 0.666. The van der Waals surface area contributed by atoms with Gasteiger partial charge in [0.15, 0.2) is 11.6 Å². The van der Waals surface area contributed by atoms with Crippen molar-refractivity contribution < 1.29 is 36.3 Å². The summed E-state index contributed by atoms with van der Waals surface area (Å²) in [5.41, 5.74) is 0.979. The van der Waals surface area contributed by atoms with Gasteiger partial charge in [0, 0.05) is 6.54 Å². The Morgan fingerprint density at radius 1 is 1.04 bits per heavy atom. The van der Waals surface area contributed by atoms with Crippen LogP contribution >= 0.6 is 0 Å². The number of carbonyl (C=O) groups is 2. The Morgan fingerprint density at radius 2 is 1.71 bits per heavy atom. The summed E-state index contributed by atoms with van der Waals surface area (Å²) >= 11 is 0. The average Bonchev–Trinajstić information content (AvgIpc) is 2.68. The topological polar surface area (TPSA) is 98.8 Å². The van der Waals surface area contributed by atoms with E-state index in [0.717, 1.165) is 6.07 Å². The molecular weight excluding hydrogens is 396 g/mol. The van der Waals surface area contributed by atoms with Crippen LogP contribution in [-0.4, -0.2) is 34.0 Å². The molecule has 150 valence electrons. The van der Waals surface area contributed by atoms with E-state index in [1.165, 1.54) is 19.2 Å². The lowest BCUT2D eigenvalue weighted by atomic mass is 10.1. The number of halogens is 2. The number of sulfonamides is 1. The molecular formula is C18H17F2NO6S. The number of esters is 2. The minimum Gasteiger partial charge on any atom is -0.465 e. The first-order valence-corrected chi connectivity index (χ1v) is 9.49. The van der Waals surface area contributed by atoms with Gasteiger partial charge >= 0.3 is 11.9 Å². The van der Waals surface area contributed by atoms with E-state index in [-0.39, 0.29) is 19.6 Å². The monoisotopic (exact) mass is 413 g/mol. The van der Waals surface area contributed by atoms with Crippen LogP contribution in [0.25, 0.3) is 0 Å². The predicted molar refractivity (Wildman–Crippen MR) is 93.7 cm³/mol. The maximum absolute atomic E-state index is 13.1. The van der Waals surface area contributed by atoms with Gasteiger partial charge in [0.25, 0.3) is 0 Å². The number of hydrogen-bond donors (Lipinski definition) is 1. The van der Waals surface area contributed by atoms with Gasteiger partial charge < -0.3 is 9.47 Å². The molecule has 1 N–H and O–H groups in total. The number of hydrogen-bond acceptors (Lipinski definition) is 6. The molecule has 0 amide bonds.